The van der Waals surface area contributed by atoms with Gasteiger partial charge in [0.25, 0.3) is 0 Å². The summed E-state index contributed by atoms with van der Waals surface area (Å²) < 4.78 is 2.63. The highest BCUT2D eigenvalue weighted by atomic mass is 35.5. The molecule has 0 saturated carbocycles. The zero-order valence-electron chi connectivity index (χ0n) is 23.5. The molecule has 0 spiro atoms. The largest absolute Gasteiger partial charge is 0.242 e. The zero-order chi connectivity index (χ0) is 29.2. The molecule has 0 unspecified atom stereocenters. The molecule has 2 nitrogen and oxygen atoms in total. The van der Waals surface area contributed by atoms with Crippen LogP contribution >= 0.6 is 22.9 Å². The van der Waals surface area contributed by atoms with Gasteiger partial charge in [-0.15, -0.1) is 11.3 Å². The van der Waals surface area contributed by atoms with Crippen LogP contribution in [-0.4, -0.2) is 9.97 Å². The molecule has 0 radical (unpaired) electrons. The summed E-state index contributed by atoms with van der Waals surface area (Å²) in [5.41, 5.74) is 8.02. The number of hydrogen-bond donors (Lipinski definition) is 0. The number of halogens is 1. The summed E-state index contributed by atoms with van der Waals surface area (Å²) >= 11 is 8.77. The molecule has 44 heavy (non-hydrogen) atoms. The lowest BCUT2D eigenvalue weighted by Crippen LogP contribution is -1.94. The number of hydrogen-bond acceptors (Lipinski definition) is 3. The van der Waals surface area contributed by atoms with E-state index in [0.29, 0.717) is 10.8 Å². The van der Waals surface area contributed by atoms with Gasteiger partial charge in [0.05, 0.1) is 11.0 Å². The fraction of sp³-hybridized carbons (Fsp3) is 0. The number of fused-ring (bicyclic) bond motifs is 9. The van der Waals surface area contributed by atoms with Gasteiger partial charge in [0.15, 0.2) is 5.15 Å². The Morgan fingerprint density at radius 2 is 0.955 bits per heavy atom. The van der Waals surface area contributed by atoms with Crippen LogP contribution in [0.2, 0.25) is 5.15 Å². The van der Waals surface area contributed by atoms with Crippen molar-refractivity contribution in [2.45, 2.75) is 0 Å². The Morgan fingerprint density at radius 1 is 0.432 bits per heavy atom. The van der Waals surface area contributed by atoms with Crippen LogP contribution in [0.15, 0.2) is 140 Å². The van der Waals surface area contributed by atoms with Crippen molar-refractivity contribution in [2.24, 2.45) is 0 Å². The third-order valence-corrected chi connectivity index (χ3v) is 10.0. The molecular formula is C40H23ClN2S. The summed E-state index contributed by atoms with van der Waals surface area (Å²) in [6.45, 7) is 0. The fourth-order valence-corrected chi connectivity index (χ4v) is 7.98. The maximum Gasteiger partial charge on any atom is 0.156 e. The fourth-order valence-electron chi connectivity index (χ4n) is 6.51. The topological polar surface area (TPSA) is 25.8 Å². The minimum absolute atomic E-state index is 0.403. The van der Waals surface area contributed by atoms with Gasteiger partial charge in [-0.3, -0.25) is 0 Å². The molecule has 0 atom stereocenters. The van der Waals surface area contributed by atoms with Crippen molar-refractivity contribution in [2.75, 3.05) is 0 Å². The van der Waals surface area contributed by atoms with Crippen LogP contribution in [0.3, 0.4) is 0 Å². The van der Waals surface area contributed by atoms with Crippen molar-refractivity contribution in [1.29, 1.82) is 0 Å². The third-order valence-electron chi connectivity index (χ3n) is 8.56. The molecule has 4 heteroatoms. The second-order valence-corrected chi connectivity index (χ2v) is 12.5. The molecule has 9 rings (SSSR count). The smallest absolute Gasteiger partial charge is 0.156 e. The average Bonchev–Trinajstić information content (AvgIpc) is 3.47. The van der Waals surface area contributed by atoms with Crippen LogP contribution < -0.4 is 0 Å². The average molecular weight is 599 g/mol. The highest BCUT2D eigenvalue weighted by Crippen LogP contribution is 2.41. The minimum atomic E-state index is 0.403. The molecule has 9 aromatic rings. The van der Waals surface area contributed by atoms with E-state index in [1.807, 2.05) is 17.4 Å². The van der Waals surface area contributed by atoms with Gasteiger partial charge in [-0.25, -0.2) is 9.97 Å². The quantitative estimate of drug-likeness (QED) is 0.189. The van der Waals surface area contributed by atoms with Gasteiger partial charge in [0.2, 0.25) is 0 Å². The Morgan fingerprint density at radius 3 is 1.68 bits per heavy atom. The monoisotopic (exact) mass is 598 g/mol. The van der Waals surface area contributed by atoms with Crippen LogP contribution in [0.1, 0.15) is 0 Å². The normalized spacial score (nSPS) is 11.8. The number of thiophene rings is 1. The first-order valence-corrected chi connectivity index (χ1v) is 15.8. The predicted molar refractivity (Wildman–Crippen MR) is 189 cm³/mol. The van der Waals surface area contributed by atoms with Crippen LogP contribution in [0.4, 0.5) is 0 Å². The molecule has 0 amide bonds. The molecule has 0 saturated heterocycles. The molecule has 2 aromatic heterocycles. The Labute approximate surface area is 262 Å². The lowest BCUT2D eigenvalue weighted by molar-refractivity contribution is 1.31. The van der Waals surface area contributed by atoms with E-state index in [2.05, 4.69) is 133 Å². The molecule has 7 aromatic carbocycles. The molecule has 0 aliphatic carbocycles. The lowest BCUT2D eigenvalue weighted by Gasteiger charge is -2.12. The third kappa shape index (κ3) is 3.94. The first kappa shape index (κ1) is 25.4. The van der Waals surface area contributed by atoms with E-state index in [-0.39, 0.29) is 0 Å². The molecule has 0 fully saturated rings. The molecule has 0 bridgehead atoms. The summed E-state index contributed by atoms with van der Waals surface area (Å²) in [6, 6.07) is 49.3. The highest BCUT2D eigenvalue weighted by Gasteiger charge is 2.16. The Balaban J connectivity index is 1.19. The molecule has 0 aliphatic heterocycles. The standard InChI is InChI=1S/C40H23ClN2S/c41-40-36(42-37-32-17-3-1-14-29(32)30-15-2-4-18-33(30)38(37)43-40)27-13-8-11-25(23-27)24-10-7-12-26(22-24)28-19-9-20-34-31-16-5-6-21-35(31)44-39(28)34/h1-23H. The van der Waals surface area contributed by atoms with Gasteiger partial charge in [-0.1, -0.05) is 133 Å². The second kappa shape index (κ2) is 9.99. The van der Waals surface area contributed by atoms with E-state index in [1.54, 1.807) is 0 Å². The van der Waals surface area contributed by atoms with Gasteiger partial charge in [-0.2, -0.15) is 0 Å². The first-order chi connectivity index (χ1) is 21.7. The number of nitrogens with zero attached hydrogens (tertiary/aromatic N) is 2. The predicted octanol–water partition coefficient (Wildman–Crippen LogP) is 12.0. The number of aromatic nitrogens is 2. The van der Waals surface area contributed by atoms with Crippen molar-refractivity contribution in [1.82, 2.24) is 9.97 Å². The first-order valence-electron chi connectivity index (χ1n) is 14.6. The van der Waals surface area contributed by atoms with Gasteiger partial charge in [0, 0.05) is 36.5 Å². The Bertz CT molecular complexity index is 2580. The van der Waals surface area contributed by atoms with Crippen LogP contribution in [-0.2, 0) is 0 Å². The van der Waals surface area contributed by atoms with Crippen molar-refractivity contribution in [3.05, 3.63) is 145 Å². The zero-order valence-corrected chi connectivity index (χ0v) is 25.0. The van der Waals surface area contributed by atoms with E-state index in [0.717, 1.165) is 49.3 Å². The van der Waals surface area contributed by atoms with Crippen LogP contribution in [0.5, 0.6) is 0 Å². The molecule has 206 valence electrons. The molecule has 2 heterocycles. The van der Waals surface area contributed by atoms with E-state index in [9.17, 15) is 0 Å². The number of benzene rings is 7. The maximum absolute atomic E-state index is 6.91. The second-order valence-electron chi connectivity index (χ2n) is 11.1. The minimum Gasteiger partial charge on any atom is -0.242 e. The van der Waals surface area contributed by atoms with Crippen molar-refractivity contribution >= 4 is 75.7 Å². The molecular weight excluding hydrogens is 576 g/mol. The number of rotatable bonds is 3. The van der Waals surface area contributed by atoms with Gasteiger partial charge in [0.1, 0.15) is 5.69 Å². The highest BCUT2D eigenvalue weighted by molar-refractivity contribution is 7.26. The van der Waals surface area contributed by atoms with E-state index < -0.39 is 0 Å². The Hall–Kier alpha value is -5.09. The van der Waals surface area contributed by atoms with Crippen molar-refractivity contribution in [3.8, 4) is 33.5 Å². The van der Waals surface area contributed by atoms with E-state index in [4.69, 9.17) is 21.6 Å². The van der Waals surface area contributed by atoms with Crippen molar-refractivity contribution in [3.63, 3.8) is 0 Å². The summed E-state index contributed by atoms with van der Waals surface area (Å²) in [5.74, 6) is 0. The summed E-state index contributed by atoms with van der Waals surface area (Å²) in [4.78, 5) is 10.1. The van der Waals surface area contributed by atoms with E-state index in [1.165, 1.54) is 31.3 Å². The lowest BCUT2D eigenvalue weighted by atomic mass is 9.96. The van der Waals surface area contributed by atoms with Crippen LogP contribution in [0.25, 0.3) is 86.3 Å². The van der Waals surface area contributed by atoms with Gasteiger partial charge in [-0.05, 0) is 51.2 Å². The van der Waals surface area contributed by atoms with Crippen LogP contribution in [0, 0.1) is 0 Å². The van der Waals surface area contributed by atoms with E-state index >= 15 is 0 Å². The molecule has 0 aliphatic rings. The SMILES string of the molecule is Clc1nc2c3ccccc3c3ccccc3c2nc1-c1cccc(-c2cccc(-c3cccc4c3sc3ccccc34)c2)c1. The summed E-state index contributed by atoms with van der Waals surface area (Å²) in [6.07, 6.45) is 0. The molecule has 0 N–H and O–H groups in total. The van der Waals surface area contributed by atoms with Gasteiger partial charge >= 0.3 is 0 Å². The maximum atomic E-state index is 6.91. The van der Waals surface area contributed by atoms with Crippen molar-refractivity contribution < 1.29 is 0 Å². The summed E-state index contributed by atoms with van der Waals surface area (Å²) in [5, 5.41) is 7.47. The van der Waals surface area contributed by atoms with Gasteiger partial charge < -0.3 is 0 Å². The summed E-state index contributed by atoms with van der Waals surface area (Å²) in [7, 11) is 0. The Kier molecular flexibility index (Phi) is 5.77.